The van der Waals surface area contributed by atoms with Crippen LogP contribution in [-0.2, 0) is 32.7 Å². The molecule has 0 aromatic heterocycles. The van der Waals surface area contributed by atoms with Crippen LogP contribution in [0.15, 0.2) is 54.6 Å². The van der Waals surface area contributed by atoms with Crippen LogP contribution in [0.4, 0.5) is 0 Å². The van der Waals surface area contributed by atoms with Crippen LogP contribution in [0.3, 0.4) is 0 Å². The molecule has 0 N–H and O–H groups in total. The number of rotatable bonds is 3. The number of hydrogen-bond acceptors (Lipinski definition) is 0. The first kappa shape index (κ1) is 23.2. The third-order valence-electron chi connectivity index (χ3n) is 6.31. The Bertz CT molecular complexity index is 925. The van der Waals surface area contributed by atoms with E-state index in [-0.39, 0.29) is 5.41 Å². The fourth-order valence-corrected chi connectivity index (χ4v) is 4.70. The Morgan fingerprint density at radius 1 is 1.00 bits per heavy atom. The van der Waals surface area contributed by atoms with Crippen LogP contribution in [-0.4, -0.2) is 0 Å². The van der Waals surface area contributed by atoms with Crippen molar-refractivity contribution >= 4 is 27.8 Å². The SMILES string of the molecule is CC1(Cc2cc3c(-c4ccc(C(C)(C)C)cc4)cccc3[cH-]2)CCCC1.[Cl][Zr][Cl]. The van der Waals surface area contributed by atoms with Crippen molar-refractivity contribution in [3.8, 4) is 11.1 Å². The first-order valence-corrected chi connectivity index (χ1v) is 16.8. The Kier molecular flexibility index (Phi) is 7.80. The average Bonchev–Trinajstić information content (AvgIpc) is 3.27. The monoisotopic (exact) mass is 503 g/mol. The Morgan fingerprint density at radius 3 is 2.21 bits per heavy atom. The standard InChI is InChI=1S/C26H31.2ClH.Zr/c1-25(2,3)22-12-10-20(11-13-22)23-9-7-8-21-16-19(17-24(21)23)18-26(4)14-5-6-15-26;;;/h7-13,16-17H,5-6,14-15,18H2,1-4H3;2*1H;/q-1;;;+2/p-2. The maximum atomic E-state index is 4.93. The van der Waals surface area contributed by atoms with E-state index in [0.717, 1.165) is 0 Å². The van der Waals surface area contributed by atoms with E-state index >= 15 is 0 Å². The predicted molar refractivity (Wildman–Crippen MR) is 126 cm³/mol. The predicted octanol–water partition coefficient (Wildman–Crippen LogP) is 9.02. The van der Waals surface area contributed by atoms with E-state index in [0.29, 0.717) is 5.41 Å². The molecule has 0 nitrogen and oxygen atoms in total. The zero-order chi connectivity index (χ0) is 21.1. The maximum absolute atomic E-state index is 4.93. The molecule has 3 aromatic carbocycles. The summed E-state index contributed by atoms with van der Waals surface area (Å²) >= 11 is -0.826. The van der Waals surface area contributed by atoms with Crippen LogP contribution in [0.2, 0.25) is 0 Å². The van der Waals surface area contributed by atoms with Gasteiger partial charge in [-0.1, -0.05) is 76.4 Å². The van der Waals surface area contributed by atoms with Crippen molar-refractivity contribution in [2.45, 2.75) is 65.2 Å². The molecular formula is C26H31Cl2Zr-. The second-order valence-corrected chi connectivity index (χ2v) is 13.5. The van der Waals surface area contributed by atoms with Gasteiger partial charge in [-0.3, -0.25) is 0 Å². The van der Waals surface area contributed by atoms with Gasteiger partial charge < -0.3 is 0 Å². The molecule has 0 spiro atoms. The van der Waals surface area contributed by atoms with Gasteiger partial charge in [0.2, 0.25) is 0 Å². The molecule has 0 amide bonds. The second kappa shape index (κ2) is 9.76. The van der Waals surface area contributed by atoms with Gasteiger partial charge in [0.05, 0.1) is 0 Å². The van der Waals surface area contributed by atoms with E-state index < -0.39 is 20.8 Å². The van der Waals surface area contributed by atoms with Crippen molar-refractivity contribution in [1.82, 2.24) is 0 Å². The summed E-state index contributed by atoms with van der Waals surface area (Å²) in [4.78, 5) is 0. The molecule has 1 fully saturated rings. The number of fused-ring (bicyclic) bond motifs is 1. The molecule has 0 saturated heterocycles. The van der Waals surface area contributed by atoms with Crippen molar-refractivity contribution in [2.24, 2.45) is 5.41 Å². The molecule has 0 heterocycles. The Hall–Kier alpha value is -0.487. The van der Waals surface area contributed by atoms with Gasteiger partial charge in [0.25, 0.3) is 0 Å². The van der Waals surface area contributed by atoms with E-state index in [4.69, 9.17) is 17.0 Å². The zero-order valence-electron chi connectivity index (χ0n) is 18.0. The molecule has 1 aliphatic carbocycles. The van der Waals surface area contributed by atoms with E-state index in [1.165, 1.54) is 65.1 Å². The number of halogens is 2. The molecule has 0 atom stereocenters. The first-order chi connectivity index (χ1) is 13.8. The topological polar surface area (TPSA) is 0 Å². The molecule has 0 radical (unpaired) electrons. The Balaban J connectivity index is 0.000000755. The third-order valence-corrected chi connectivity index (χ3v) is 6.31. The fourth-order valence-electron chi connectivity index (χ4n) is 4.70. The van der Waals surface area contributed by atoms with Crippen LogP contribution in [0, 0.1) is 5.41 Å². The van der Waals surface area contributed by atoms with Gasteiger partial charge in [-0.15, -0.1) is 34.5 Å². The molecular weight excluding hydrogens is 474 g/mol. The van der Waals surface area contributed by atoms with Crippen LogP contribution in [0.5, 0.6) is 0 Å². The van der Waals surface area contributed by atoms with Gasteiger partial charge in [0, 0.05) is 0 Å². The van der Waals surface area contributed by atoms with Gasteiger partial charge in [-0.05, 0) is 41.2 Å². The van der Waals surface area contributed by atoms with Crippen LogP contribution < -0.4 is 0 Å². The van der Waals surface area contributed by atoms with Crippen molar-refractivity contribution in [1.29, 1.82) is 0 Å². The normalized spacial score (nSPS) is 15.8. The summed E-state index contributed by atoms with van der Waals surface area (Å²) < 4.78 is 0. The Morgan fingerprint density at radius 2 is 1.62 bits per heavy atom. The van der Waals surface area contributed by atoms with Crippen molar-refractivity contribution in [3.05, 3.63) is 65.7 Å². The van der Waals surface area contributed by atoms with E-state index in [2.05, 4.69) is 82.3 Å². The molecule has 4 rings (SSSR count). The van der Waals surface area contributed by atoms with E-state index in [9.17, 15) is 0 Å². The van der Waals surface area contributed by atoms with Gasteiger partial charge in [-0.25, -0.2) is 0 Å². The summed E-state index contributed by atoms with van der Waals surface area (Å²) in [5, 5.41) is 2.80. The summed E-state index contributed by atoms with van der Waals surface area (Å²) in [5.41, 5.74) is 6.32. The van der Waals surface area contributed by atoms with E-state index in [1.807, 2.05) is 0 Å². The quantitative estimate of drug-likeness (QED) is 0.312. The van der Waals surface area contributed by atoms with Crippen LogP contribution in [0.1, 0.15) is 64.5 Å². The van der Waals surface area contributed by atoms with Gasteiger partial charge in [0.1, 0.15) is 0 Å². The van der Waals surface area contributed by atoms with Gasteiger partial charge in [-0.2, -0.15) is 6.07 Å². The summed E-state index contributed by atoms with van der Waals surface area (Å²) in [6, 6.07) is 20.8. The molecule has 1 saturated carbocycles. The molecule has 29 heavy (non-hydrogen) atoms. The molecule has 1 aliphatic rings. The molecule has 0 bridgehead atoms. The summed E-state index contributed by atoms with van der Waals surface area (Å²) in [6.45, 7) is 9.30. The zero-order valence-corrected chi connectivity index (χ0v) is 22.0. The minimum absolute atomic E-state index is 0.203. The summed E-state index contributed by atoms with van der Waals surface area (Å²) in [6.07, 6.45) is 6.81. The minimum atomic E-state index is -0.826. The number of benzene rings is 2. The van der Waals surface area contributed by atoms with Crippen molar-refractivity contribution in [2.75, 3.05) is 0 Å². The summed E-state index contributed by atoms with van der Waals surface area (Å²) in [7, 11) is 9.87. The molecule has 3 heteroatoms. The molecule has 0 aliphatic heterocycles. The molecule has 3 aromatic rings. The average molecular weight is 506 g/mol. The molecule has 0 unspecified atom stereocenters. The third kappa shape index (κ3) is 5.81. The van der Waals surface area contributed by atoms with Gasteiger partial charge in [0.15, 0.2) is 0 Å². The van der Waals surface area contributed by atoms with Crippen LogP contribution >= 0.6 is 17.0 Å². The van der Waals surface area contributed by atoms with Crippen molar-refractivity contribution in [3.63, 3.8) is 0 Å². The molecule has 154 valence electrons. The Labute approximate surface area is 195 Å². The number of hydrogen-bond donors (Lipinski definition) is 0. The van der Waals surface area contributed by atoms with Crippen LogP contribution in [0.25, 0.3) is 21.9 Å². The van der Waals surface area contributed by atoms with Gasteiger partial charge >= 0.3 is 37.9 Å². The van der Waals surface area contributed by atoms with Crippen molar-refractivity contribution < 1.29 is 20.8 Å². The summed E-state index contributed by atoms with van der Waals surface area (Å²) in [5.74, 6) is 0. The van der Waals surface area contributed by atoms with E-state index in [1.54, 1.807) is 0 Å². The first-order valence-electron chi connectivity index (χ1n) is 10.5. The second-order valence-electron chi connectivity index (χ2n) is 9.77. The fraction of sp³-hybridized carbons (Fsp3) is 0.423.